The summed E-state index contributed by atoms with van der Waals surface area (Å²) in [6.07, 6.45) is 2.61. The third-order valence-corrected chi connectivity index (χ3v) is 5.01. The highest BCUT2D eigenvalue weighted by atomic mass is 35.5. The summed E-state index contributed by atoms with van der Waals surface area (Å²) < 4.78 is 11.8. The summed E-state index contributed by atoms with van der Waals surface area (Å²) in [6.45, 7) is 2.75. The molecule has 0 radical (unpaired) electrons. The van der Waals surface area contributed by atoms with E-state index in [1.54, 1.807) is 0 Å². The molecule has 1 saturated carbocycles. The maximum atomic E-state index is 11.9. The first-order valence-electron chi connectivity index (χ1n) is 7.61. The van der Waals surface area contributed by atoms with Crippen molar-refractivity contribution in [3.63, 3.8) is 0 Å². The molecule has 2 saturated heterocycles. The Kier molecular flexibility index (Phi) is 4.38. The van der Waals surface area contributed by atoms with Gasteiger partial charge in [-0.2, -0.15) is 0 Å². The molecule has 6 nitrogen and oxygen atoms in total. The number of carbonyl (C=O) groups excluding carboxylic acids is 2. The van der Waals surface area contributed by atoms with Crippen molar-refractivity contribution in [3.05, 3.63) is 0 Å². The van der Waals surface area contributed by atoms with Gasteiger partial charge in [0.1, 0.15) is 6.23 Å². The van der Waals surface area contributed by atoms with Gasteiger partial charge in [-0.25, -0.2) is 4.79 Å². The van der Waals surface area contributed by atoms with E-state index in [0.29, 0.717) is 13.0 Å². The average molecular weight is 317 g/mol. The van der Waals surface area contributed by atoms with Crippen LogP contribution in [-0.2, 0) is 14.3 Å². The van der Waals surface area contributed by atoms with Gasteiger partial charge in [0.05, 0.1) is 23.5 Å². The Hall–Kier alpha value is -0.850. The summed E-state index contributed by atoms with van der Waals surface area (Å²) in [6, 6.07) is -0.482. The zero-order valence-corrected chi connectivity index (χ0v) is 12.8. The van der Waals surface area contributed by atoms with Crippen LogP contribution >= 0.6 is 11.6 Å². The highest BCUT2D eigenvalue weighted by Gasteiger charge is 2.48. The standard InChI is InChI=1S/C14H21ClN2O4/c1-2-3-20-11-6-10-7(5-9(11)15)4-8-12(18)16-14(19)17-13(8)21-10/h7-11,13H,2-6H2,1H3,(H2,16,17,18,19). The van der Waals surface area contributed by atoms with Crippen LogP contribution in [0.15, 0.2) is 0 Å². The molecule has 3 fully saturated rings. The summed E-state index contributed by atoms with van der Waals surface area (Å²) in [4.78, 5) is 23.3. The predicted molar refractivity (Wildman–Crippen MR) is 75.8 cm³/mol. The smallest absolute Gasteiger partial charge is 0.323 e. The van der Waals surface area contributed by atoms with E-state index in [1.807, 2.05) is 0 Å². The second-order valence-electron chi connectivity index (χ2n) is 6.06. The lowest BCUT2D eigenvalue weighted by molar-refractivity contribution is -0.171. The normalized spacial score (nSPS) is 42.6. The molecule has 6 atom stereocenters. The summed E-state index contributed by atoms with van der Waals surface area (Å²) in [5.74, 6) is -0.324. The second kappa shape index (κ2) is 6.10. The van der Waals surface area contributed by atoms with Gasteiger partial charge in [-0.3, -0.25) is 10.1 Å². The molecule has 0 bridgehead atoms. The molecule has 0 spiro atoms. The Balaban J connectivity index is 1.67. The number of fused-ring (bicyclic) bond motifs is 2. The summed E-state index contributed by atoms with van der Waals surface area (Å²) in [5, 5.41) is 4.94. The van der Waals surface area contributed by atoms with Crippen molar-refractivity contribution in [3.8, 4) is 0 Å². The molecule has 2 aliphatic heterocycles. The molecule has 0 aromatic rings. The molecule has 6 unspecified atom stereocenters. The number of halogens is 1. The van der Waals surface area contributed by atoms with Crippen molar-refractivity contribution >= 4 is 23.5 Å². The third-order valence-electron chi connectivity index (χ3n) is 4.55. The first-order valence-corrected chi connectivity index (χ1v) is 8.04. The number of alkyl halides is 1. The van der Waals surface area contributed by atoms with E-state index in [2.05, 4.69) is 17.6 Å². The number of hydrogen-bond acceptors (Lipinski definition) is 4. The Morgan fingerprint density at radius 2 is 2.14 bits per heavy atom. The van der Waals surface area contributed by atoms with E-state index in [0.717, 1.165) is 19.3 Å². The van der Waals surface area contributed by atoms with Crippen molar-refractivity contribution in [2.24, 2.45) is 11.8 Å². The van der Waals surface area contributed by atoms with Crippen LogP contribution in [0.2, 0.25) is 0 Å². The van der Waals surface area contributed by atoms with Crippen LogP contribution in [0, 0.1) is 11.8 Å². The van der Waals surface area contributed by atoms with Crippen LogP contribution in [0.25, 0.3) is 0 Å². The van der Waals surface area contributed by atoms with Crippen molar-refractivity contribution < 1.29 is 19.1 Å². The van der Waals surface area contributed by atoms with Gasteiger partial charge >= 0.3 is 6.03 Å². The minimum Gasteiger partial charge on any atom is -0.377 e. The van der Waals surface area contributed by atoms with Crippen LogP contribution in [0.3, 0.4) is 0 Å². The number of nitrogens with one attached hydrogen (secondary N) is 2. The molecule has 7 heteroatoms. The predicted octanol–water partition coefficient (Wildman–Crippen LogP) is 1.37. The monoisotopic (exact) mass is 316 g/mol. The summed E-state index contributed by atoms with van der Waals surface area (Å²) in [7, 11) is 0. The van der Waals surface area contributed by atoms with E-state index in [9.17, 15) is 9.59 Å². The van der Waals surface area contributed by atoms with Crippen molar-refractivity contribution in [2.75, 3.05) is 6.61 Å². The number of hydrogen-bond donors (Lipinski definition) is 2. The molecule has 0 aromatic heterocycles. The first-order chi connectivity index (χ1) is 10.1. The minimum absolute atomic E-state index is 0.00527. The van der Waals surface area contributed by atoms with Crippen LogP contribution in [0.1, 0.15) is 32.6 Å². The fourth-order valence-corrected chi connectivity index (χ4v) is 3.90. The molecule has 118 valence electrons. The lowest BCUT2D eigenvalue weighted by Crippen LogP contribution is -2.64. The SMILES string of the molecule is CCCOC1CC2OC3NC(=O)NC(=O)C3CC2CC1Cl. The largest absolute Gasteiger partial charge is 0.377 e. The van der Waals surface area contributed by atoms with Crippen molar-refractivity contribution in [1.29, 1.82) is 0 Å². The van der Waals surface area contributed by atoms with E-state index in [1.165, 1.54) is 0 Å². The average Bonchev–Trinajstić information content (AvgIpc) is 2.43. The Morgan fingerprint density at radius 1 is 1.33 bits per heavy atom. The minimum atomic E-state index is -0.522. The van der Waals surface area contributed by atoms with Crippen LogP contribution < -0.4 is 10.6 Å². The second-order valence-corrected chi connectivity index (χ2v) is 6.62. The molecular formula is C14H21ClN2O4. The zero-order chi connectivity index (χ0) is 15.0. The van der Waals surface area contributed by atoms with E-state index in [4.69, 9.17) is 21.1 Å². The first kappa shape index (κ1) is 15.1. The summed E-state index contributed by atoms with van der Waals surface area (Å²) in [5.41, 5.74) is 0. The molecule has 21 heavy (non-hydrogen) atoms. The van der Waals surface area contributed by atoms with Crippen LogP contribution in [0.4, 0.5) is 4.79 Å². The Labute approximate surface area is 128 Å². The maximum Gasteiger partial charge on any atom is 0.323 e. The molecule has 3 amide bonds. The van der Waals surface area contributed by atoms with Gasteiger partial charge in [-0.1, -0.05) is 6.92 Å². The van der Waals surface area contributed by atoms with Crippen molar-refractivity contribution in [1.82, 2.24) is 10.6 Å². The van der Waals surface area contributed by atoms with Crippen molar-refractivity contribution in [2.45, 2.75) is 56.4 Å². The van der Waals surface area contributed by atoms with Crippen LogP contribution in [0.5, 0.6) is 0 Å². The number of amides is 3. The lowest BCUT2D eigenvalue weighted by Gasteiger charge is -2.47. The van der Waals surface area contributed by atoms with Gasteiger partial charge in [0.25, 0.3) is 0 Å². The Bertz CT molecular complexity index is 433. The topological polar surface area (TPSA) is 76.7 Å². The van der Waals surface area contributed by atoms with Crippen LogP contribution in [-0.4, -0.2) is 42.4 Å². The van der Waals surface area contributed by atoms with Gasteiger partial charge in [0.15, 0.2) is 0 Å². The number of ether oxygens (including phenoxy) is 2. The third kappa shape index (κ3) is 3.03. The van der Waals surface area contributed by atoms with Gasteiger partial charge in [-0.05, 0) is 25.2 Å². The summed E-state index contributed by atoms with van der Waals surface area (Å²) >= 11 is 6.42. The van der Waals surface area contributed by atoms with Gasteiger partial charge in [-0.15, -0.1) is 11.6 Å². The van der Waals surface area contributed by atoms with E-state index in [-0.39, 0.29) is 35.3 Å². The quantitative estimate of drug-likeness (QED) is 0.771. The Morgan fingerprint density at radius 3 is 2.90 bits per heavy atom. The fraction of sp³-hybridized carbons (Fsp3) is 0.857. The number of carbonyl (C=O) groups is 2. The molecular weight excluding hydrogens is 296 g/mol. The molecule has 2 N–H and O–H groups in total. The molecule has 0 aromatic carbocycles. The molecule has 1 aliphatic carbocycles. The van der Waals surface area contributed by atoms with E-state index < -0.39 is 12.3 Å². The van der Waals surface area contributed by atoms with Gasteiger partial charge in [0.2, 0.25) is 5.91 Å². The molecule has 2 heterocycles. The van der Waals surface area contributed by atoms with Gasteiger partial charge in [0, 0.05) is 13.0 Å². The number of imide groups is 1. The fourth-order valence-electron chi connectivity index (χ4n) is 3.50. The molecule has 3 rings (SSSR count). The number of urea groups is 1. The zero-order valence-electron chi connectivity index (χ0n) is 12.0. The van der Waals surface area contributed by atoms with E-state index >= 15 is 0 Å². The maximum absolute atomic E-state index is 11.9. The molecule has 3 aliphatic rings. The highest BCUT2D eigenvalue weighted by Crippen LogP contribution is 2.41. The number of rotatable bonds is 3. The van der Waals surface area contributed by atoms with Gasteiger partial charge < -0.3 is 14.8 Å². The highest BCUT2D eigenvalue weighted by molar-refractivity contribution is 6.21. The lowest BCUT2D eigenvalue weighted by atomic mass is 9.76.